The van der Waals surface area contributed by atoms with Gasteiger partial charge in [0.05, 0.1) is 12.1 Å². The third-order valence-corrected chi connectivity index (χ3v) is 3.66. The van der Waals surface area contributed by atoms with E-state index in [1.54, 1.807) is 19.2 Å². The molecule has 2 rings (SSSR count). The zero-order chi connectivity index (χ0) is 14.9. The highest BCUT2D eigenvalue weighted by Gasteiger charge is 2.14. The second-order valence-corrected chi connectivity index (χ2v) is 5.61. The van der Waals surface area contributed by atoms with E-state index in [9.17, 15) is 0 Å². The van der Waals surface area contributed by atoms with Gasteiger partial charge in [-0.25, -0.2) is 9.97 Å². The number of ether oxygens (including phenoxy) is 1. The third-order valence-electron chi connectivity index (χ3n) is 3.08. The van der Waals surface area contributed by atoms with Crippen LogP contribution in [-0.4, -0.2) is 17.1 Å². The van der Waals surface area contributed by atoms with E-state index in [0.29, 0.717) is 21.7 Å². The van der Waals surface area contributed by atoms with Crippen molar-refractivity contribution < 1.29 is 4.74 Å². The molecule has 0 radical (unpaired) electrons. The van der Waals surface area contributed by atoms with Gasteiger partial charge in [-0.15, -0.1) is 0 Å². The highest BCUT2D eigenvalue weighted by atomic mass is 35.5. The molecule has 0 saturated carbocycles. The monoisotopic (exact) mass is 310 g/mol. The van der Waals surface area contributed by atoms with E-state index in [0.717, 1.165) is 16.8 Å². The van der Waals surface area contributed by atoms with Crippen LogP contribution < -0.4 is 4.74 Å². The Morgan fingerprint density at radius 3 is 2.35 bits per heavy atom. The average molecular weight is 311 g/mol. The van der Waals surface area contributed by atoms with Gasteiger partial charge < -0.3 is 4.74 Å². The predicted molar refractivity (Wildman–Crippen MR) is 82.9 cm³/mol. The fourth-order valence-corrected chi connectivity index (χ4v) is 2.83. The molecule has 106 valence electrons. The Morgan fingerprint density at radius 1 is 1.15 bits per heavy atom. The van der Waals surface area contributed by atoms with Gasteiger partial charge in [-0.05, 0) is 31.0 Å². The lowest BCUT2D eigenvalue weighted by Crippen LogP contribution is -2.02. The van der Waals surface area contributed by atoms with Gasteiger partial charge in [0.15, 0.2) is 5.82 Å². The zero-order valence-electron chi connectivity index (χ0n) is 11.9. The van der Waals surface area contributed by atoms with Gasteiger partial charge in [0.1, 0.15) is 10.9 Å². The van der Waals surface area contributed by atoms with Crippen LogP contribution in [0.2, 0.25) is 10.2 Å². The van der Waals surface area contributed by atoms with E-state index in [2.05, 4.69) is 23.8 Å². The first kappa shape index (κ1) is 15.1. The number of halogens is 2. The summed E-state index contributed by atoms with van der Waals surface area (Å²) in [6.45, 7) is 6.08. The van der Waals surface area contributed by atoms with E-state index in [-0.39, 0.29) is 5.92 Å². The first-order valence-corrected chi connectivity index (χ1v) is 7.07. The molecular weight excluding hydrogens is 295 g/mol. The van der Waals surface area contributed by atoms with Crippen LogP contribution in [0.4, 0.5) is 0 Å². The molecule has 0 fully saturated rings. The van der Waals surface area contributed by atoms with Crippen LogP contribution in [-0.2, 0) is 0 Å². The fraction of sp³-hybridized carbons (Fsp3) is 0.333. The summed E-state index contributed by atoms with van der Waals surface area (Å²) in [5.41, 5.74) is 2.69. The normalized spacial score (nSPS) is 10.9. The maximum Gasteiger partial charge on any atom is 0.161 e. The van der Waals surface area contributed by atoms with Gasteiger partial charge in [-0.3, -0.25) is 0 Å². The molecule has 2 aromatic rings. The van der Waals surface area contributed by atoms with Gasteiger partial charge in [0.25, 0.3) is 0 Å². The van der Waals surface area contributed by atoms with Gasteiger partial charge in [-0.1, -0.05) is 37.0 Å². The Morgan fingerprint density at radius 2 is 1.85 bits per heavy atom. The van der Waals surface area contributed by atoms with E-state index in [1.807, 2.05) is 13.0 Å². The lowest BCUT2D eigenvalue weighted by Gasteiger charge is -2.12. The minimum atomic E-state index is 0.288. The van der Waals surface area contributed by atoms with Crippen molar-refractivity contribution in [2.75, 3.05) is 7.11 Å². The first-order chi connectivity index (χ1) is 9.43. The van der Waals surface area contributed by atoms with Crippen molar-refractivity contribution in [1.29, 1.82) is 0 Å². The number of aromatic nitrogens is 2. The number of hydrogen-bond acceptors (Lipinski definition) is 3. The minimum absolute atomic E-state index is 0.288. The first-order valence-electron chi connectivity index (χ1n) is 6.32. The summed E-state index contributed by atoms with van der Waals surface area (Å²) in [6, 6.07) is 5.44. The van der Waals surface area contributed by atoms with Crippen LogP contribution in [0.3, 0.4) is 0 Å². The van der Waals surface area contributed by atoms with E-state index >= 15 is 0 Å². The van der Waals surface area contributed by atoms with Gasteiger partial charge >= 0.3 is 0 Å². The van der Waals surface area contributed by atoms with Gasteiger partial charge in [-0.2, -0.15) is 0 Å². The second-order valence-electron chi connectivity index (χ2n) is 4.84. The molecule has 0 atom stereocenters. The molecule has 1 aromatic heterocycles. The standard InChI is InChI=1S/C15H16Cl2N2O/c1-8(2)13-9(3)18-15(19-14(13)17)10-5-6-12(20-4)11(16)7-10/h5-8H,1-4H3. The van der Waals surface area contributed by atoms with E-state index in [1.165, 1.54) is 0 Å². The van der Waals surface area contributed by atoms with Crippen LogP contribution in [0.5, 0.6) is 5.75 Å². The number of benzene rings is 1. The number of rotatable bonds is 3. The second kappa shape index (κ2) is 5.98. The Labute approximate surface area is 128 Å². The molecule has 0 aliphatic rings. The summed E-state index contributed by atoms with van der Waals surface area (Å²) in [7, 11) is 1.58. The molecule has 1 aromatic carbocycles. The van der Waals surface area contributed by atoms with Crippen molar-refractivity contribution >= 4 is 23.2 Å². The maximum absolute atomic E-state index is 6.27. The quantitative estimate of drug-likeness (QED) is 0.757. The van der Waals surface area contributed by atoms with Crippen molar-refractivity contribution in [1.82, 2.24) is 9.97 Å². The molecule has 5 heteroatoms. The van der Waals surface area contributed by atoms with Crippen LogP contribution in [0.25, 0.3) is 11.4 Å². The summed E-state index contributed by atoms with van der Waals surface area (Å²) in [4.78, 5) is 8.90. The Hall–Kier alpha value is -1.32. The topological polar surface area (TPSA) is 35.0 Å². The number of methoxy groups -OCH3 is 1. The van der Waals surface area contributed by atoms with Crippen LogP contribution >= 0.6 is 23.2 Å². The minimum Gasteiger partial charge on any atom is -0.495 e. The molecule has 0 aliphatic carbocycles. The largest absolute Gasteiger partial charge is 0.495 e. The molecule has 1 heterocycles. The summed E-state index contributed by atoms with van der Waals surface area (Å²) in [5, 5.41) is 1.02. The fourth-order valence-electron chi connectivity index (χ4n) is 2.14. The van der Waals surface area contributed by atoms with Crippen molar-refractivity contribution in [3.8, 4) is 17.1 Å². The van der Waals surface area contributed by atoms with Crippen molar-refractivity contribution in [3.05, 3.63) is 39.6 Å². The Bertz CT molecular complexity index is 619. The molecule has 0 N–H and O–H groups in total. The molecule has 0 spiro atoms. The van der Waals surface area contributed by atoms with Crippen LogP contribution in [0.15, 0.2) is 18.2 Å². The molecule has 0 amide bonds. The summed E-state index contributed by atoms with van der Waals surface area (Å²) in [6.07, 6.45) is 0. The Balaban J connectivity index is 2.51. The zero-order valence-corrected chi connectivity index (χ0v) is 13.4. The highest BCUT2D eigenvalue weighted by molar-refractivity contribution is 6.32. The summed E-state index contributed by atoms with van der Waals surface area (Å²) >= 11 is 12.4. The van der Waals surface area contributed by atoms with Crippen molar-refractivity contribution in [3.63, 3.8) is 0 Å². The smallest absolute Gasteiger partial charge is 0.161 e. The van der Waals surface area contributed by atoms with E-state index in [4.69, 9.17) is 27.9 Å². The lowest BCUT2D eigenvalue weighted by molar-refractivity contribution is 0.415. The number of aryl methyl sites for hydroxylation is 1. The highest BCUT2D eigenvalue weighted by Crippen LogP contribution is 2.31. The van der Waals surface area contributed by atoms with Crippen LogP contribution in [0, 0.1) is 6.92 Å². The predicted octanol–water partition coefficient (Wildman–Crippen LogP) is 4.89. The summed E-state index contributed by atoms with van der Waals surface area (Å²) < 4.78 is 5.14. The van der Waals surface area contributed by atoms with Gasteiger partial charge in [0, 0.05) is 16.8 Å². The molecule has 0 aliphatic heterocycles. The summed E-state index contributed by atoms with van der Waals surface area (Å²) in [5.74, 6) is 1.48. The SMILES string of the molecule is COc1ccc(-c2nc(C)c(C(C)C)c(Cl)n2)cc1Cl. The van der Waals surface area contributed by atoms with Crippen molar-refractivity contribution in [2.45, 2.75) is 26.7 Å². The third kappa shape index (κ3) is 2.89. The maximum atomic E-state index is 6.27. The lowest BCUT2D eigenvalue weighted by atomic mass is 10.0. The van der Waals surface area contributed by atoms with Gasteiger partial charge in [0.2, 0.25) is 0 Å². The molecule has 0 unspecified atom stereocenters. The van der Waals surface area contributed by atoms with Crippen LogP contribution in [0.1, 0.15) is 31.0 Å². The molecule has 0 saturated heterocycles. The molecular formula is C15H16Cl2N2O. The Kier molecular flexibility index (Phi) is 4.51. The molecule has 0 bridgehead atoms. The molecule has 3 nitrogen and oxygen atoms in total. The average Bonchev–Trinajstić information content (AvgIpc) is 2.37. The molecule has 20 heavy (non-hydrogen) atoms. The number of hydrogen-bond donors (Lipinski definition) is 0. The van der Waals surface area contributed by atoms with Crippen molar-refractivity contribution in [2.24, 2.45) is 0 Å². The number of nitrogens with zero attached hydrogens (tertiary/aromatic N) is 2. The van der Waals surface area contributed by atoms with E-state index < -0.39 is 0 Å².